The summed E-state index contributed by atoms with van der Waals surface area (Å²) >= 11 is 5.89. The van der Waals surface area contributed by atoms with E-state index < -0.39 is 0 Å². The lowest BCUT2D eigenvalue weighted by atomic mass is 9.88. The van der Waals surface area contributed by atoms with Crippen molar-refractivity contribution in [1.29, 1.82) is 0 Å². The fourth-order valence-corrected chi connectivity index (χ4v) is 5.61. The molecule has 1 saturated heterocycles. The number of amides is 2. The van der Waals surface area contributed by atoms with Crippen LogP contribution in [-0.4, -0.2) is 55.0 Å². The van der Waals surface area contributed by atoms with Crippen LogP contribution in [0.2, 0.25) is 5.02 Å². The Hall–Kier alpha value is -4.40. The predicted molar refractivity (Wildman–Crippen MR) is 177 cm³/mol. The molecule has 2 heterocycles. The third kappa shape index (κ3) is 9.30. The predicted octanol–water partition coefficient (Wildman–Crippen LogP) is 6.96. The molecule has 1 fully saturated rings. The number of piperidine rings is 1. The molecule has 234 valence electrons. The first kappa shape index (κ1) is 32.0. The average molecular weight is 627 g/mol. The number of hydrogen-bond donors (Lipinski definition) is 2. The Morgan fingerprint density at radius 2 is 1.64 bits per heavy atom. The number of ether oxygens (including phenoxy) is 2. The van der Waals surface area contributed by atoms with Crippen molar-refractivity contribution in [2.75, 3.05) is 38.6 Å². The molecule has 8 nitrogen and oxygen atoms in total. The summed E-state index contributed by atoms with van der Waals surface area (Å²) in [6.07, 6.45) is 5.81. The number of halogens is 1. The second-order valence-electron chi connectivity index (χ2n) is 11.1. The normalized spacial score (nSPS) is 13.6. The van der Waals surface area contributed by atoms with E-state index in [1.54, 1.807) is 61.8 Å². The minimum atomic E-state index is -0.233. The van der Waals surface area contributed by atoms with Crippen LogP contribution in [0, 0.1) is 0 Å². The molecule has 1 aliphatic heterocycles. The summed E-state index contributed by atoms with van der Waals surface area (Å²) in [6.45, 7) is 4.10. The summed E-state index contributed by atoms with van der Waals surface area (Å²) in [4.78, 5) is 31.9. The summed E-state index contributed by atoms with van der Waals surface area (Å²) in [5.41, 5.74) is 3.79. The quantitative estimate of drug-likeness (QED) is 0.156. The molecule has 2 amide bonds. The number of nitrogens with zero attached hydrogens (tertiary/aromatic N) is 2. The van der Waals surface area contributed by atoms with Crippen LogP contribution >= 0.6 is 11.6 Å². The number of rotatable bonds is 13. The van der Waals surface area contributed by atoms with Gasteiger partial charge in [0, 0.05) is 40.1 Å². The van der Waals surface area contributed by atoms with Crippen LogP contribution in [0.15, 0.2) is 91.1 Å². The zero-order valence-electron chi connectivity index (χ0n) is 25.5. The Morgan fingerprint density at radius 1 is 0.911 bits per heavy atom. The van der Waals surface area contributed by atoms with Crippen molar-refractivity contribution in [2.24, 2.45) is 0 Å². The van der Waals surface area contributed by atoms with Crippen molar-refractivity contribution in [3.63, 3.8) is 0 Å². The van der Waals surface area contributed by atoms with Gasteiger partial charge in [-0.25, -0.2) is 0 Å². The molecular formula is C36H39ClN4O4. The number of carbonyl (C=O) groups is 2. The van der Waals surface area contributed by atoms with Crippen LogP contribution in [0.25, 0.3) is 0 Å². The SMILES string of the molecule is COc1ccc(OCc2ccccn2)c(C2CCN(CCCCNC(=O)c3ccc(NC(=O)c4ccc(Cl)cc4)cc3)CC2)c1. The maximum Gasteiger partial charge on any atom is 0.255 e. The molecule has 4 aromatic rings. The van der Waals surface area contributed by atoms with Gasteiger partial charge in [-0.1, -0.05) is 17.7 Å². The largest absolute Gasteiger partial charge is 0.497 e. The van der Waals surface area contributed by atoms with E-state index in [9.17, 15) is 9.59 Å². The van der Waals surface area contributed by atoms with Crippen molar-refractivity contribution >= 4 is 29.1 Å². The molecule has 0 bridgehead atoms. The van der Waals surface area contributed by atoms with Crippen molar-refractivity contribution in [1.82, 2.24) is 15.2 Å². The molecule has 9 heteroatoms. The molecule has 0 spiro atoms. The lowest BCUT2D eigenvalue weighted by Gasteiger charge is -2.33. The Bertz CT molecular complexity index is 1540. The van der Waals surface area contributed by atoms with Gasteiger partial charge < -0.3 is 25.0 Å². The van der Waals surface area contributed by atoms with E-state index in [1.807, 2.05) is 30.3 Å². The fourth-order valence-electron chi connectivity index (χ4n) is 5.48. The number of aromatic nitrogens is 1. The second-order valence-corrected chi connectivity index (χ2v) is 11.6. The molecule has 0 unspecified atom stereocenters. The number of carbonyl (C=O) groups excluding carboxylic acids is 2. The number of hydrogen-bond acceptors (Lipinski definition) is 6. The number of pyridine rings is 1. The van der Waals surface area contributed by atoms with Crippen molar-refractivity contribution in [3.05, 3.63) is 119 Å². The second kappa shape index (κ2) is 16.1. The van der Waals surface area contributed by atoms with Gasteiger partial charge in [-0.15, -0.1) is 0 Å². The van der Waals surface area contributed by atoms with Crippen LogP contribution in [0.3, 0.4) is 0 Å². The van der Waals surface area contributed by atoms with Crippen molar-refractivity contribution in [3.8, 4) is 11.5 Å². The molecule has 1 aliphatic rings. The average Bonchev–Trinajstić information content (AvgIpc) is 3.08. The van der Waals surface area contributed by atoms with Gasteiger partial charge in [-0.05, 0) is 130 Å². The summed E-state index contributed by atoms with van der Waals surface area (Å²) < 4.78 is 11.7. The first-order valence-electron chi connectivity index (χ1n) is 15.4. The third-order valence-electron chi connectivity index (χ3n) is 8.04. The minimum absolute atomic E-state index is 0.120. The van der Waals surface area contributed by atoms with Gasteiger partial charge in [-0.2, -0.15) is 0 Å². The zero-order chi connectivity index (χ0) is 31.4. The minimum Gasteiger partial charge on any atom is -0.497 e. The number of likely N-dealkylation sites (tertiary alicyclic amines) is 1. The van der Waals surface area contributed by atoms with Crippen molar-refractivity contribution in [2.45, 2.75) is 38.2 Å². The molecule has 0 saturated carbocycles. The molecule has 0 radical (unpaired) electrons. The number of anilines is 1. The van der Waals surface area contributed by atoms with E-state index in [-0.39, 0.29) is 11.8 Å². The smallest absolute Gasteiger partial charge is 0.255 e. The lowest BCUT2D eigenvalue weighted by Crippen LogP contribution is -2.34. The molecule has 3 aromatic carbocycles. The third-order valence-corrected chi connectivity index (χ3v) is 8.30. The number of nitrogens with one attached hydrogen (secondary N) is 2. The van der Waals surface area contributed by atoms with E-state index >= 15 is 0 Å². The maximum atomic E-state index is 12.6. The number of benzene rings is 3. The highest BCUT2D eigenvalue weighted by atomic mass is 35.5. The van der Waals surface area contributed by atoms with Gasteiger partial charge in [0.05, 0.1) is 12.8 Å². The van der Waals surface area contributed by atoms with E-state index in [2.05, 4.69) is 26.6 Å². The maximum absolute atomic E-state index is 12.6. The first-order chi connectivity index (χ1) is 22.0. The van der Waals surface area contributed by atoms with Gasteiger partial charge in [0.15, 0.2) is 0 Å². The molecule has 5 rings (SSSR count). The number of methoxy groups -OCH3 is 1. The monoisotopic (exact) mass is 626 g/mol. The van der Waals surface area contributed by atoms with Crippen LogP contribution in [0.5, 0.6) is 11.5 Å². The van der Waals surface area contributed by atoms with E-state index in [0.717, 1.165) is 62.5 Å². The van der Waals surface area contributed by atoms with Gasteiger partial charge in [0.25, 0.3) is 11.8 Å². The van der Waals surface area contributed by atoms with Gasteiger partial charge in [0.2, 0.25) is 0 Å². The van der Waals surface area contributed by atoms with E-state index in [4.69, 9.17) is 21.1 Å². The summed E-state index contributed by atoms with van der Waals surface area (Å²) in [6, 6.07) is 25.5. The van der Waals surface area contributed by atoms with Gasteiger partial charge in [0.1, 0.15) is 18.1 Å². The molecule has 2 N–H and O–H groups in total. The Labute approximate surface area is 269 Å². The summed E-state index contributed by atoms with van der Waals surface area (Å²) in [5, 5.41) is 6.42. The molecular weight excluding hydrogens is 588 g/mol. The summed E-state index contributed by atoms with van der Waals surface area (Å²) in [7, 11) is 1.69. The molecule has 1 aromatic heterocycles. The van der Waals surface area contributed by atoms with E-state index in [0.29, 0.717) is 40.9 Å². The highest BCUT2D eigenvalue weighted by Crippen LogP contribution is 2.37. The molecule has 0 atom stereocenters. The number of unbranched alkanes of at least 4 members (excludes halogenated alkanes) is 1. The fraction of sp³-hybridized carbons (Fsp3) is 0.306. The van der Waals surface area contributed by atoms with E-state index in [1.165, 1.54) is 5.56 Å². The van der Waals surface area contributed by atoms with Crippen LogP contribution in [-0.2, 0) is 6.61 Å². The standard InChI is InChI=1S/C36H39ClN4O4/c1-44-32-15-16-34(45-25-31-6-2-3-19-38-31)33(24-32)26-17-22-41(23-18-26)21-5-4-20-39-35(42)27-9-13-30(14-10-27)40-36(43)28-7-11-29(37)12-8-28/h2-3,6-16,19,24,26H,4-5,17-18,20-23,25H2,1H3,(H,39,42)(H,40,43). The highest BCUT2D eigenvalue weighted by molar-refractivity contribution is 6.30. The van der Waals surface area contributed by atoms with Crippen LogP contribution in [0.1, 0.15) is 63.6 Å². The summed E-state index contributed by atoms with van der Waals surface area (Å²) in [5.74, 6) is 1.80. The van der Waals surface area contributed by atoms with Gasteiger partial charge in [-0.3, -0.25) is 14.6 Å². The topological polar surface area (TPSA) is 92.8 Å². The Kier molecular flexibility index (Phi) is 11.4. The van der Waals surface area contributed by atoms with Crippen molar-refractivity contribution < 1.29 is 19.1 Å². The Morgan fingerprint density at radius 3 is 2.36 bits per heavy atom. The highest BCUT2D eigenvalue weighted by Gasteiger charge is 2.24. The van der Waals surface area contributed by atoms with Gasteiger partial charge >= 0.3 is 0 Å². The zero-order valence-corrected chi connectivity index (χ0v) is 26.3. The van der Waals surface area contributed by atoms with Crippen LogP contribution < -0.4 is 20.1 Å². The Balaban J connectivity index is 1.01. The first-order valence-corrected chi connectivity index (χ1v) is 15.7. The lowest BCUT2D eigenvalue weighted by molar-refractivity contribution is 0.0951. The molecule has 45 heavy (non-hydrogen) atoms. The molecule has 0 aliphatic carbocycles. The van der Waals surface area contributed by atoms with Crippen LogP contribution in [0.4, 0.5) is 5.69 Å².